The molecule has 1 N–H and O–H groups in total. The van der Waals surface area contributed by atoms with Gasteiger partial charge in [0.15, 0.2) is 5.65 Å². The molecule has 1 aliphatic rings. The van der Waals surface area contributed by atoms with E-state index in [0.717, 1.165) is 48.2 Å². The molecule has 0 amide bonds. The van der Waals surface area contributed by atoms with E-state index >= 15 is 0 Å². The third-order valence-corrected chi connectivity index (χ3v) is 4.55. The Morgan fingerprint density at radius 2 is 1.75 bits per heavy atom. The fourth-order valence-electron chi connectivity index (χ4n) is 3.27. The summed E-state index contributed by atoms with van der Waals surface area (Å²) in [4.78, 5) is 17.4. The molecule has 0 saturated heterocycles. The monoisotopic (exact) mass is 325 g/mol. The highest BCUT2D eigenvalue weighted by Crippen LogP contribution is 2.29. The number of nitrogens with one attached hydrogen (secondary N) is 1. The summed E-state index contributed by atoms with van der Waals surface area (Å²) in [6, 6.07) is 7.51. The summed E-state index contributed by atoms with van der Waals surface area (Å²) < 4.78 is 12.2. The standard InChI is InChI=1S/C18H19N3O3/c1-23-12-7-11(8-13(9-12)24-2)16-10-17-19-15-6-4-3-5-14(15)18(22)21(17)20-16/h7-10,20H,3-6H2,1-2H3. The van der Waals surface area contributed by atoms with Gasteiger partial charge in [0.05, 0.1) is 25.6 Å². The molecule has 3 aromatic rings. The van der Waals surface area contributed by atoms with E-state index in [1.165, 1.54) is 4.52 Å². The Balaban J connectivity index is 1.89. The minimum atomic E-state index is 0.0100. The number of fused-ring (bicyclic) bond motifs is 2. The number of ether oxygens (including phenoxy) is 2. The van der Waals surface area contributed by atoms with E-state index in [1.807, 2.05) is 24.3 Å². The van der Waals surface area contributed by atoms with E-state index < -0.39 is 0 Å². The molecular weight excluding hydrogens is 306 g/mol. The molecule has 0 bridgehead atoms. The van der Waals surface area contributed by atoms with Crippen molar-refractivity contribution in [3.8, 4) is 22.8 Å². The summed E-state index contributed by atoms with van der Waals surface area (Å²) in [5.41, 5.74) is 4.14. The van der Waals surface area contributed by atoms with Crippen LogP contribution in [0.3, 0.4) is 0 Å². The van der Waals surface area contributed by atoms with Gasteiger partial charge in [-0.15, -0.1) is 0 Å². The minimum absolute atomic E-state index is 0.0100. The second-order valence-corrected chi connectivity index (χ2v) is 6.01. The second kappa shape index (κ2) is 5.70. The number of aromatic amines is 1. The van der Waals surface area contributed by atoms with Gasteiger partial charge in [0, 0.05) is 23.3 Å². The number of hydrogen-bond acceptors (Lipinski definition) is 4. The van der Waals surface area contributed by atoms with Crippen LogP contribution in [0.5, 0.6) is 11.5 Å². The quantitative estimate of drug-likeness (QED) is 0.803. The molecule has 1 aliphatic carbocycles. The van der Waals surface area contributed by atoms with Crippen molar-refractivity contribution in [3.05, 3.63) is 45.9 Å². The summed E-state index contributed by atoms with van der Waals surface area (Å²) in [7, 11) is 3.23. The lowest BCUT2D eigenvalue weighted by Crippen LogP contribution is -2.24. The molecule has 2 heterocycles. The van der Waals surface area contributed by atoms with Crippen LogP contribution in [0.4, 0.5) is 0 Å². The predicted molar refractivity (Wildman–Crippen MR) is 91.0 cm³/mol. The molecule has 0 saturated carbocycles. The number of aromatic nitrogens is 3. The van der Waals surface area contributed by atoms with Gasteiger partial charge in [0.2, 0.25) is 0 Å². The lowest BCUT2D eigenvalue weighted by atomic mass is 9.97. The molecule has 6 nitrogen and oxygen atoms in total. The van der Waals surface area contributed by atoms with E-state index in [4.69, 9.17) is 9.47 Å². The van der Waals surface area contributed by atoms with Crippen molar-refractivity contribution in [2.45, 2.75) is 25.7 Å². The average Bonchev–Trinajstić information content (AvgIpc) is 3.06. The minimum Gasteiger partial charge on any atom is -0.497 e. The van der Waals surface area contributed by atoms with Gasteiger partial charge in [-0.2, -0.15) is 0 Å². The smallest absolute Gasteiger partial charge is 0.276 e. The zero-order valence-corrected chi connectivity index (χ0v) is 13.8. The zero-order chi connectivity index (χ0) is 16.7. The Bertz CT molecular complexity index is 949. The van der Waals surface area contributed by atoms with Crippen molar-refractivity contribution in [2.24, 2.45) is 0 Å². The lowest BCUT2D eigenvalue weighted by Gasteiger charge is -2.13. The summed E-state index contributed by atoms with van der Waals surface area (Å²) >= 11 is 0. The average molecular weight is 325 g/mol. The summed E-state index contributed by atoms with van der Waals surface area (Å²) in [5.74, 6) is 1.39. The third-order valence-electron chi connectivity index (χ3n) is 4.55. The maximum absolute atomic E-state index is 12.7. The predicted octanol–water partition coefficient (Wildman–Crippen LogP) is 2.59. The van der Waals surface area contributed by atoms with Crippen LogP contribution in [0.2, 0.25) is 0 Å². The Kier molecular flexibility index (Phi) is 3.52. The van der Waals surface area contributed by atoms with Gasteiger partial charge in [-0.1, -0.05) is 0 Å². The first-order valence-electron chi connectivity index (χ1n) is 8.06. The maximum atomic E-state index is 12.7. The zero-order valence-electron chi connectivity index (χ0n) is 13.8. The van der Waals surface area contributed by atoms with Crippen molar-refractivity contribution in [3.63, 3.8) is 0 Å². The fraction of sp³-hybridized carbons (Fsp3) is 0.333. The van der Waals surface area contributed by atoms with Gasteiger partial charge in [-0.3, -0.25) is 9.89 Å². The van der Waals surface area contributed by atoms with Crippen LogP contribution in [0.1, 0.15) is 24.1 Å². The van der Waals surface area contributed by atoms with Gasteiger partial charge in [0.25, 0.3) is 5.56 Å². The van der Waals surface area contributed by atoms with Crippen LogP contribution < -0.4 is 15.0 Å². The van der Waals surface area contributed by atoms with Gasteiger partial charge >= 0.3 is 0 Å². The first-order chi connectivity index (χ1) is 11.7. The second-order valence-electron chi connectivity index (χ2n) is 6.01. The normalized spacial score (nSPS) is 13.8. The lowest BCUT2D eigenvalue weighted by molar-refractivity contribution is 0.394. The van der Waals surface area contributed by atoms with Gasteiger partial charge < -0.3 is 9.47 Å². The van der Waals surface area contributed by atoms with E-state index in [2.05, 4.69) is 10.1 Å². The Hall–Kier alpha value is -2.76. The molecule has 0 fully saturated rings. The molecule has 0 aliphatic heterocycles. The van der Waals surface area contributed by atoms with E-state index in [0.29, 0.717) is 17.1 Å². The Morgan fingerprint density at radius 1 is 1.04 bits per heavy atom. The summed E-state index contributed by atoms with van der Waals surface area (Å²) in [5, 5.41) is 3.16. The number of hydrogen-bond donors (Lipinski definition) is 1. The molecule has 4 rings (SSSR count). The van der Waals surface area contributed by atoms with E-state index in [-0.39, 0.29) is 5.56 Å². The molecule has 24 heavy (non-hydrogen) atoms. The molecule has 0 atom stereocenters. The van der Waals surface area contributed by atoms with Crippen LogP contribution in [0, 0.1) is 0 Å². The Morgan fingerprint density at radius 3 is 2.46 bits per heavy atom. The van der Waals surface area contributed by atoms with E-state index in [1.54, 1.807) is 14.2 Å². The highest BCUT2D eigenvalue weighted by molar-refractivity contribution is 5.67. The molecule has 2 aromatic heterocycles. The highest BCUT2D eigenvalue weighted by Gasteiger charge is 2.18. The number of methoxy groups -OCH3 is 2. The maximum Gasteiger partial charge on any atom is 0.276 e. The SMILES string of the molecule is COc1cc(OC)cc(-c2cc3nc4c(c(=O)n3[nH]2)CCCC4)c1. The van der Waals surface area contributed by atoms with Gasteiger partial charge in [0.1, 0.15) is 11.5 Å². The highest BCUT2D eigenvalue weighted by atomic mass is 16.5. The van der Waals surface area contributed by atoms with Crippen molar-refractivity contribution in [1.29, 1.82) is 0 Å². The van der Waals surface area contributed by atoms with Crippen molar-refractivity contribution in [2.75, 3.05) is 14.2 Å². The number of rotatable bonds is 3. The van der Waals surface area contributed by atoms with Crippen molar-refractivity contribution >= 4 is 5.65 Å². The molecule has 0 radical (unpaired) electrons. The first kappa shape index (κ1) is 14.8. The van der Waals surface area contributed by atoms with Crippen molar-refractivity contribution in [1.82, 2.24) is 14.6 Å². The van der Waals surface area contributed by atoms with Gasteiger partial charge in [-0.25, -0.2) is 9.50 Å². The van der Waals surface area contributed by atoms with Crippen LogP contribution in [-0.2, 0) is 12.8 Å². The van der Waals surface area contributed by atoms with Crippen LogP contribution in [-0.4, -0.2) is 28.8 Å². The topological polar surface area (TPSA) is 68.6 Å². The van der Waals surface area contributed by atoms with E-state index in [9.17, 15) is 4.79 Å². The summed E-state index contributed by atoms with van der Waals surface area (Å²) in [6.45, 7) is 0. The largest absolute Gasteiger partial charge is 0.497 e. The fourth-order valence-corrected chi connectivity index (χ4v) is 3.27. The third kappa shape index (κ3) is 2.35. The molecule has 0 spiro atoms. The molecule has 1 aromatic carbocycles. The van der Waals surface area contributed by atoms with Crippen LogP contribution in [0.15, 0.2) is 29.1 Å². The van der Waals surface area contributed by atoms with Crippen LogP contribution in [0.25, 0.3) is 16.9 Å². The van der Waals surface area contributed by atoms with Crippen molar-refractivity contribution < 1.29 is 9.47 Å². The number of H-pyrrole nitrogens is 1. The van der Waals surface area contributed by atoms with Gasteiger partial charge in [-0.05, 0) is 37.8 Å². The first-order valence-corrected chi connectivity index (χ1v) is 8.06. The number of nitrogens with zero attached hydrogens (tertiary/aromatic N) is 2. The Labute approximate surface area is 139 Å². The molecule has 6 heteroatoms. The number of aryl methyl sites for hydroxylation is 1. The molecule has 124 valence electrons. The molecule has 0 unspecified atom stereocenters. The molecular formula is C18H19N3O3. The van der Waals surface area contributed by atoms with Crippen LogP contribution >= 0.6 is 0 Å². The number of benzene rings is 1. The summed E-state index contributed by atoms with van der Waals surface area (Å²) in [6.07, 6.45) is 3.84.